The lowest BCUT2D eigenvalue weighted by Crippen LogP contribution is -2.43. The van der Waals surface area contributed by atoms with Gasteiger partial charge in [-0.25, -0.2) is 0 Å². The van der Waals surface area contributed by atoms with Gasteiger partial charge in [-0.3, -0.25) is 0 Å². The SMILES string of the molecule is CC(CN1CCCCC1)NCC1CCCCS1. The molecule has 0 aromatic rings. The van der Waals surface area contributed by atoms with Crippen molar-refractivity contribution in [2.24, 2.45) is 0 Å². The summed E-state index contributed by atoms with van der Waals surface area (Å²) >= 11 is 2.18. The number of thioether (sulfide) groups is 1. The highest BCUT2D eigenvalue weighted by Crippen LogP contribution is 2.24. The maximum atomic E-state index is 3.74. The molecule has 0 spiro atoms. The predicted molar refractivity (Wildman–Crippen MR) is 77.9 cm³/mol. The van der Waals surface area contributed by atoms with Gasteiger partial charge < -0.3 is 10.2 Å². The van der Waals surface area contributed by atoms with Crippen LogP contribution < -0.4 is 5.32 Å². The summed E-state index contributed by atoms with van der Waals surface area (Å²) in [5, 5.41) is 4.62. The minimum atomic E-state index is 0.663. The van der Waals surface area contributed by atoms with Crippen molar-refractivity contribution in [1.29, 1.82) is 0 Å². The largest absolute Gasteiger partial charge is 0.312 e. The number of hydrogen-bond donors (Lipinski definition) is 1. The quantitative estimate of drug-likeness (QED) is 0.814. The van der Waals surface area contributed by atoms with Gasteiger partial charge in [-0.05, 0) is 51.4 Å². The second-order valence-corrected chi connectivity index (χ2v) is 7.07. The van der Waals surface area contributed by atoms with Crippen molar-refractivity contribution < 1.29 is 0 Å². The van der Waals surface area contributed by atoms with E-state index in [0.29, 0.717) is 6.04 Å². The Morgan fingerprint density at radius 1 is 1.18 bits per heavy atom. The van der Waals surface area contributed by atoms with Crippen LogP contribution in [-0.2, 0) is 0 Å². The minimum Gasteiger partial charge on any atom is -0.312 e. The lowest BCUT2D eigenvalue weighted by molar-refractivity contribution is 0.209. The molecule has 1 N–H and O–H groups in total. The zero-order valence-electron chi connectivity index (χ0n) is 11.3. The first-order valence-electron chi connectivity index (χ1n) is 7.42. The molecular weight excluding hydrogens is 228 g/mol. The van der Waals surface area contributed by atoms with E-state index in [1.807, 2.05) is 0 Å². The summed E-state index contributed by atoms with van der Waals surface area (Å²) in [7, 11) is 0. The summed E-state index contributed by atoms with van der Waals surface area (Å²) in [6.45, 7) is 7.47. The third-order valence-electron chi connectivity index (χ3n) is 3.95. The summed E-state index contributed by atoms with van der Waals surface area (Å²) < 4.78 is 0. The molecule has 3 heteroatoms. The van der Waals surface area contributed by atoms with Crippen LogP contribution in [0.4, 0.5) is 0 Å². The number of rotatable bonds is 5. The highest BCUT2D eigenvalue weighted by Gasteiger charge is 2.16. The zero-order chi connectivity index (χ0) is 11.9. The molecule has 2 unspecified atom stereocenters. The van der Waals surface area contributed by atoms with Crippen molar-refractivity contribution >= 4 is 11.8 Å². The third-order valence-corrected chi connectivity index (χ3v) is 5.35. The fraction of sp³-hybridized carbons (Fsp3) is 1.00. The van der Waals surface area contributed by atoms with Crippen LogP contribution in [0.2, 0.25) is 0 Å². The predicted octanol–water partition coefficient (Wildman–Crippen LogP) is 2.74. The second kappa shape index (κ2) is 7.65. The van der Waals surface area contributed by atoms with Crippen LogP contribution in [0.15, 0.2) is 0 Å². The number of hydrogen-bond acceptors (Lipinski definition) is 3. The Labute approximate surface area is 111 Å². The third kappa shape index (κ3) is 5.19. The molecule has 2 atom stereocenters. The van der Waals surface area contributed by atoms with Crippen molar-refractivity contribution in [2.45, 2.75) is 56.7 Å². The molecule has 0 amide bonds. The molecule has 2 aliphatic rings. The molecule has 0 aromatic heterocycles. The molecule has 2 rings (SSSR count). The fourth-order valence-electron chi connectivity index (χ4n) is 2.89. The topological polar surface area (TPSA) is 15.3 Å². The van der Waals surface area contributed by atoms with Crippen LogP contribution in [0.25, 0.3) is 0 Å². The molecule has 2 aliphatic heterocycles. The summed E-state index contributed by atoms with van der Waals surface area (Å²) in [5.41, 5.74) is 0. The number of nitrogens with one attached hydrogen (secondary N) is 1. The van der Waals surface area contributed by atoms with E-state index in [2.05, 4.69) is 28.9 Å². The van der Waals surface area contributed by atoms with E-state index in [0.717, 1.165) is 5.25 Å². The molecule has 2 fully saturated rings. The maximum absolute atomic E-state index is 3.74. The highest BCUT2D eigenvalue weighted by atomic mass is 32.2. The van der Waals surface area contributed by atoms with Crippen molar-refractivity contribution in [3.8, 4) is 0 Å². The molecule has 100 valence electrons. The summed E-state index contributed by atoms with van der Waals surface area (Å²) in [4.78, 5) is 2.63. The molecule has 0 radical (unpaired) electrons. The molecule has 2 nitrogen and oxygen atoms in total. The van der Waals surface area contributed by atoms with Gasteiger partial charge in [0.05, 0.1) is 0 Å². The zero-order valence-corrected chi connectivity index (χ0v) is 12.1. The number of likely N-dealkylation sites (tertiary alicyclic amines) is 1. The van der Waals surface area contributed by atoms with Crippen LogP contribution in [-0.4, -0.2) is 48.1 Å². The first kappa shape index (κ1) is 13.7. The van der Waals surface area contributed by atoms with Crippen LogP contribution in [0, 0.1) is 0 Å². The average Bonchev–Trinajstić information content (AvgIpc) is 2.39. The summed E-state index contributed by atoms with van der Waals surface area (Å²) in [5.74, 6) is 1.38. The van der Waals surface area contributed by atoms with Gasteiger partial charge in [0.15, 0.2) is 0 Å². The van der Waals surface area contributed by atoms with Crippen molar-refractivity contribution in [2.75, 3.05) is 31.9 Å². The maximum Gasteiger partial charge on any atom is 0.0172 e. The standard InChI is InChI=1S/C14H28N2S/c1-13(12-16-8-4-2-5-9-16)15-11-14-7-3-6-10-17-14/h13-15H,2-12H2,1H3. The van der Waals surface area contributed by atoms with Gasteiger partial charge in [-0.1, -0.05) is 12.8 Å². The molecule has 0 saturated carbocycles. The molecule has 2 saturated heterocycles. The van der Waals surface area contributed by atoms with Gasteiger partial charge in [0.1, 0.15) is 0 Å². The van der Waals surface area contributed by atoms with Crippen LogP contribution in [0.5, 0.6) is 0 Å². The second-order valence-electron chi connectivity index (χ2n) is 5.66. The Morgan fingerprint density at radius 2 is 2.00 bits per heavy atom. The molecule has 17 heavy (non-hydrogen) atoms. The Kier molecular flexibility index (Phi) is 6.16. The van der Waals surface area contributed by atoms with E-state index >= 15 is 0 Å². The van der Waals surface area contributed by atoms with Crippen LogP contribution in [0.1, 0.15) is 45.4 Å². The number of piperidine rings is 1. The molecule has 0 bridgehead atoms. The van der Waals surface area contributed by atoms with Crippen LogP contribution in [0.3, 0.4) is 0 Å². The van der Waals surface area contributed by atoms with E-state index in [9.17, 15) is 0 Å². The molecule has 0 aliphatic carbocycles. The Balaban J connectivity index is 1.57. The summed E-state index contributed by atoms with van der Waals surface area (Å²) in [6, 6.07) is 0.663. The molecular formula is C14H28N2S. The Bertz CT molecular complexity index is 198. The van der Waals surface area contributed by atoms with Crippen molar-refractivity contribution in [3.05, 3.63) is 0 Å². The monoisotopic (exact) mass is 256 g/mol. The average molecular weight is 256 g/mol. The summed E-state index contributed by atoms with van der Waals surface area (Å²) in [6.07, 6.45) is 8.56. The van der Waals surface area contributed by atoms with Gasteiger partial charge in [0.25, 0.3) is 0 Å². The fourth-order valence-corrected chi connectivity index (χ4v) is 4.15. The smallest absolute Gasteiger partial charge is 0.0172 e. The van der Waals surface area contributed by atoms with Gasteiger partial charge in [-0.15, -0.1) is 0 Å². The van der Waals surface area contributed by atoms with E-state index in [-0.39, 0.29) is 0 Å². The first-order valence-corrected chi connectivity index (χ1v) is 8.47. The normalized spacial score (nSPS) is 29.1. The number of nitrogens with zero attached hydrogens (tertiary/aromatic N) is 1. The molecule has 2 heterocycles. The van der Waals surface area contributed by atoms with E-state index in [4.69, 9.17) is 0 Å². The first-order chi connectivity index (χ1) is 8.34. The van der Waals surface area contributed by atoms with E-state index in [1.54, 1.807) is 0 Å². The van der Waals surface area contributed by atoms with Gasteiger partial charge >= 0.3 is 0 Å². The Hall–Kier alpha value is 0.270. The van der Waals surface area contributed by atoms with Crippen LogP contribution >= 0.6 is 11.8 Å². The Morgan fingerprint density at radius 3 is 2.71 bits per heavy atom. The minimum absolute atomic E-state index is 0.663. The van der Waals surface area contributed by atoms with Crippen molar-refractivity contribution in [3.63, 3.8) is 0 Å². The van der Waals surface area contributed by atoms with Gasteiger partial charge in [0, 0.05) is 24.4 Å². The lowest BCUT2D eigenvalue weighted by Gasteiger charge is -2.30. The van der Waals surface area contributed by atoms with E-state index < -0.39 is 0 Å². The highest BCUT2D eigenvalue weighted by molar-refractivity contribution is 7.99. The van der Waals surface area contributed by atoms with Crippen molar-refractivity contribution in [1.82, 2.24) is 10.2 Å². The van der Waals surface area contributed by atoms with E-state index in [1.165, 1.54) is 70.5 Å². The lowest BCUT2D eigenvalue weighted by atomic mass is 10.1. The van der Waals surface area contributed by atoms with Gasteiger partial charge in [-0.2, -0.15) is 11.8 Å². The molecule has 0 aromatic carbocycles. The van der Waals surface area contributed by atoms with Gasteiger partial charge in [0.2, 0.25) is 0 Å².